The summed E-state index contributed by atoms with van der Waals surface area (Å²) in [7, 11) is 1.57. The Bertz CT molecular complexity index is 470. The molecule has 1 aromatic carbocycles. The zero-order chi connectivity index (χ0) is 15.1. The Morgan fingerprint density at radius 2 is 2.00 bits per heavy atom. The zero-order valence-electron chi connectivity index (χ0n) is 12.5. The number of carbonyl (C=O) groups is 1. The molecule has 116 valence electrons. The maximum Gasteiger partial charge on any atom is 0.238 e. The average Bonchev–Trinajstić information content (AvgIpc) is 2.48. The highest BCUT2D eigenvalue weighted by atomic mass is 16.5. The Morgan fingerprint density at radius 3 is 2.71 bits per heavy atom. The van der Waals surface area contributed by atoms with Crippen LogP contribution in [0.4, 0.5) is 5.69 Å². The molecule has 5 heteroatoms. The summed E-state index contributed by atoms with van der Waals surface area (Å²) in [5.74, 6) is 0.496. The number of rotatable bonds is 6. The number of benzene rings is 1. The molecule has 1 saturated carbocycles. The Balaban J connectivity index is 1.77. The molecule has 0 saturated heterocycles. The van der Waals surface area contributed by atoms with E-state index in [0.29, 0.717) is 18.0 Å². The molecular weight excluding hydrogens is 268 g/mol. The third-order valence-corrected chi connectivity index (χ3v) is 3.90. The first-order valence-corrected chi connectivity index (χ1v) is 7.49. The Hall–Kier alpha value is -1.59. The second kappa shape index (κ2) is 7.43. The van der Waals surface area contributed by atoms with E-state index in [2.05, 4.69) is 10.6 Å². The lowest BCUT2D eigenvalue weighted by Crippen LogP contribution is -2.44. The summed E-state index contributed by atoms with van der Waals surface area (Å²) < 4.78 is 5.19. The molecule has 1 aromatic rings. The summed E-state index contributed by atoms with van der Waals surface area (Å²) >= 11 is 0. The molecule has 1 aliphatic rings. The van der Waals surface area contributed by atoms with E-state index in [0.717, 1.165) is 25.7 Å². The van der Waals surface area contributed by atoms with Crippen molar-refractivity contribution in [1.82, 2.24) is 5.32 Å². The first kappa shape index (κ1) is 15.8. The van der Waals surface area contributed by atoms with E-state index in [-0.39, 0.29) is 12.5 Å². The van der Waals surface area contributed by atoms with Crippen LogP contribution in [0.1, 0.15) is 32.1 Å². The second-order valence-electron chi connectivity index (χ2n) is 5.64. The topological polar surface area (TPSA) is 70.6 Å². The molecule has 0 aliphatic heterocycles. The first-order chi connectivity index (χ1) is 10.1. The third kappa shape index (κ3) is 4.72. The molecule has 0 heterocycles. The minimum absolute atomic E-state index is 0.140. The quantitative estimate of drug-likeness (QED) is 0.749. The van der Waals surface area contributed by atoms with Gasteiger partial charge in [0.05, 0.1) is 24.9 Å². The number of nitrogens with one attached hydrogen (secondary N) is 2. The summed E-state index contributed by atoms with van der Waals surface area (Å²) in [6, 6.07) is 7.29. The van der Waals surface area contributed by atoms with Crippen molar-refractivity contribution in [2.75, 3.05) is 25.5 Å². The molecule has 2 rings (SSSR count). The lowest BCUT2D eigenvalue weighted by Gasteiger charge is -2.32. The van der Waals surface area contributed by atoms with E-state index in [1.54, 1.807) is 19.2 Å². The van der Waals surface area contributed by atoms with Crippen LogP contribution in [0, 0.1) is 0 Å². The summed E-state index contributed by atoms with van der Waals surface area (Å²) in [6.45, 7) is 0.646. The fraction of sp³-hybridized carbons (Fsp3) is 0.562. The summed E-state index contributed by atoms with van der Waals surface area (Å²) in [6.07, 6.45) is 4.94. The molecule has 21 heavy (non-hydrogen) atoms. The monoisotopic (exact) mass is 292 g/mol. The van der Waals surface area contributed by atoms with E-state index in [1.165, 1.54) is 6.42 Å². The summed E-state index contributed by atoms with van der Waals surface area (Å²) in [5, 5.41) is 16.2. The van der Waals surface area contributed by atoms with Crippen molar-refractivity contribution in [2.24, 2.45) is 0 Å². The van der Waals surface area contributed by atoms with Crippen molar-refractivity contribution in [2.45, 2.75) is 37.7 Å². The van der Waals surface area contributed by atoms with Crippen LogP contribution in [-0.2, 0) is 4.79 Å². The van der Waals surface area contributed by atoms with Crippen LogP contribution in [0.25, 0.3) is 0 Å². The molecule has 1 amide bonds. The first-order valence-electron chi connectivity index (χ1n) is 7.49. The maximum absolute atomic E-state index is 11.9. The molecule has 1 fully saturated rings. The van der Waals surface area contributed by atoms with Crippen LogP contribution >= 0.6 is 0 Å². The van der Waals surface area contributed by atoms with Crippen molar-refractivity contribution in [3.05, 3.63) is 24.3 Å². The summed E-state index contributed by atoms with van der Waals surface area (Å²) in [4.78, 5) is 11.9. The van der Waals surface area contributed by atoms with Crippen LogP contribution < -0.4 is 15.4 Å². The highest BCUT2D eigenvalue weighted by molar-refractivity contribution is 5.93. The van der Waals surface area contributed by atoms with Crippen molar-refractivity contribution in [3.8, 4) is 5.75 Å². The fourth-order valence-electron chi connectivity index (χ4n) is 2.74. The Kier molecular flexibility index (Phi) is 5.59. The van der Waals surface area contributed by atoms with E-state index in [9.17, 15) is 9.90 Å². The van der Waals surface area contributed by atoms with Gasteiger partial charge in [0.1, 0.15) is 5.75 Å². The number of anilines is 1. The molecule has 0 atom stereocenters. The molecule has 0 unspecified atom stereocenters. The third-order valence-electron chi connectivity index (χ3n) is 3.90. The Morgan fingerprint density at radius 1 is 1.29 bits per heavy atom. The largest absolute Gasteiger partial charge is 0.495 e. The van der Waals surface area contributed by atoms with E-state index >= 15 is 0 Å². The number of hydrogen-bond donors (Lipinski definition) is 3. The minimum atomic E-state index is -0.650. The van der Waals surface area contributed by atoms with Gasteiger partial charge in [0, 0.05) is 6.54 Å². The van der Waals surface area contributed by atoms with E-state index in [4.69, 9.17) is 4.74 Å². The minimum Gasteiger partial charge on any atom is -0.495 e. The smallest absolute Gasteiger partial charge is 0.238 e. The van der Waals surface area contributed by atoms with Crippen LogP contribution in [0.5, 0.6) is 5.75 Å². The molecule has 0 aromatic heterocycles. The Labute approximate surface area is 125 Å². The molecular formula is C16H24N2O3. The number of para-hydroxylation sites is 2. The normalized spacial score (nSPS) is 17.2. The molecule has 5 nitrogen and oxygen atoms in total. The van der Waals surface area contributed by atoms with Gasteiger partial charge in [-0.2, -0.15) is 0 Å². The molecule has 3 N–H and O–H groups in total. The number of aliphatic hydroxyl groups is 1. The lowest BCUT2D eigenvalue weighted by atomic mass is 9.85. The van der Waals surface area contributed by atoms with Crippen LogP contribution in [-0.4, -0.2) is 36.8 Å². The van der Waals surface area contributed by atoms with Gasteiger partial charge >= 0.3 is 0 Å². The standard InChI is InChI=1S/C16H24N2O3/c1-21-14-8-4-3-7-13(14)18-15(19)11-17-12-16(20)9-5-2-6-10-16/h3-4,7-8,17,20H,2,5-6,9-12H2,1H3,(H,18,19). The maximum atomic E-state index is 11.9. The van der Waals surface area contributed by atoms with Gasteiger partial charge in [-0.05, 0) is 25.0 Å². The van der Waals surface area contributed by atoms with Gasteiger partial charge in [-0.1, -0.05) is 31.4 Å². The van der Waals surface area contributed by atoms with Gasteiger partial charge in [-0.25, -0.2) is 0 Å². The van der Waals surface area contributed by atoms with E-state index < -0.39 is 5.60 Å². The van der Waals surface area contributed by atoms with Gasteiger partial charge in [0.25, 0.3) is 0 Å². The van der Waals surface area contributed by atoms with Gasteiger partial charge in [-0.15, -0.1) is 0 Å². The van der Waals surface area contributed by atoms with Crippen molar-refractivity contribution >= 4 is 11.6 Å². The second-order valence-corrected chi connectivity index (χ2v) is 5.64. The van der Waals surface area contributed by atoms with Crippen LogP contribution in [0.15, 0.2) is 24.3 Å². The predicted molar refractivity (Wildman–Crippen MR) is 82.5 cm³/mol. The van der Waals surface area contributed by atoms with Gasteiger partial charge in [0.15, 0.2) is 0 Å². The van der Waals surface area contributed by atoms with Gasteiger partial charge in [0.2, 0.25) is 5.91 Å². The predicted octanol–water partition coefficient (Wildman–Crippen LogP) is 1.92. The number of ether oxygens (including phenoxy) is 1. The molecule has 0 bridgehead atoms. The van der Waals surface area contributed by atoms with Crippen molar-refractivity contribution in [1.29, 1.82) is 0 Å². The molecule has 1 aliphatic carbocycles. The highest BCUT2D eigenvalue weighted by Crippen LogP contribution is 2.27. The van der Waals surface area contributed by atoms with E-state index in [1.807, 2.05) is 12.1 Å². The van der Waals surface area contributed by atoms with Crippen LogP contribution in [0.2, 0.25) is 0 Å². The number of amides is 1. The highest BCUT2D eigenvalue weighted by Gasteiger charge is 2.28. The molecule has 0 radical (unpaired) electrons. The zero-order valence-corrected chi connectivity index (χ0v) is 12.5. The number of hydrogen-bond acceptors (Lipinski definition) is 4. The fourth-order valence-corrected chi connectivity index (χ4v) is 2.74. The SMILES string of the molecule is COc1ccccc1NC(=O)CNCC1(O)CCCCC1. The van der Waals surface area contributed by atoms with Gasteiger partial charge < -0.3 is 20.5 Å². The number of methoxy groups -OCH3 is 1. The van der Waals surface area contributed by atoms with Gasteiger partial charge in [-0.3, -0.25) is 4.79 Å². The van der Waals surface area contributed by atoms with Crippen molar-refractivity contribution in [3.63, 3.8) is 0 Å². The number of carbonyl (C=O) groups excluding carboxylic acids is 1. The average molecular weight is 292 g/mol. The van der Waals surface area contributed by atoms with Crippen molar-refractivity contribution < 1.29 is 14.6 Å². The summed E-state index contributed by atoms with van der Waals surface area (Å²) in [5.41, 5.74) is 0.00589. The lowest BCUT2D eigenvalue weighted by molar-refractivity contribution is -0.115. The molecule has 0 spiro atoms. The van der Waals surface area contributed by atoms with Crippen LogP contribution in [0.3, 0.4) is 0 Å².